The predicted octanol–water partition coefficient (Wildman–Crippen LogP) is 1.79. The standard InChI is InChI=1S/C11H15ClN2/c1-8-2-9(4-10(12)3-8)5-14-6-11(13)7-14/h2-4,11H,5-7,13H2,1H3. The first-order valence-electron chi connectivity index (χ1n) is 4.87. The van der Waals surface area contributed by atoms with Gasteiger partial charge in [0.25, 0.3) is 0 Å². The summed E-state index contributed by atoms with van der Waals surface area (Å²) >= 11 is 5.98. The molecule has 0 unspecified atom stereocenters. The quantitative estimate of drug-likeness (QED) is 0.807. The summed E-state index contributed by atoms with van der Waals surface area (Å²) in [7, 11) is 0. The molecule has 2 nitrogen and oxygen atoms in total. The Balaban J connectivity index is 2.02. The summed E-state index contributed by atoms with van der Waals surface area (Å²) in [4.78, 5) is 2.33. The Morgan fingerprint density at radius 3 is 2.71 bits per heavy atom. The van der Waals surface area contributed by atoms with Crippen LogP contribution >= 0.6 is 11.6 Å². The summed E-state index contributed by atoms with van der Waals surface area (Å²) < 4.78 is 0. The van der Waals surface area contributed by atoms with Crippen LogP contribution in [0.25, 0.3) is 0 Å². The molecule has 0 aliphatic carbocycles. The van der Waals surface area contributed by atoms with E-state index in [0.717, 1.165) is 24.7 Å². The van der Waals surface area contributed by atoms with Crippen LogP contribution in [0.4, 0.5) is 0 Å². The second-order valence-electron chi connectivity index (χ2n) is 4.09. The molecule has 1 heterocycles. The molecule has 0 aromatic heterocycles. The number of aryl methyl sites for hydroxylation is 1. The number of rotatable bonds is 2. The van der Waals surface area contributed by atoms with Crippen LogP contribution < -0.4 is 5.73 Å². The summed E-state index contributed by atoms with van der Waals surface area (Å²) in [5, 5.41) is 0.824. The average Bonchev–Trinajstić information content (AvgIpc) is 1.99. The molecule has 0 saturated carbocycles. The highest BCUT2D eigenvalue weighted by Gasteiger charge is 2.22. The predicted molar refractivity (Wildman–Crippen MR) is 59.4 cm³/mol. The number of benzene rings is 1. The molecule has 1 aliphatic heterocycles. The molecule has 1 aromatic carbocycles. The van der Waals surface area contributed by atoms with Gasteiger partial charge in [0.2, 0.25) is 0 Å². The van der Waals surface area contributed by atoms with Crippen molar-refractivity contribution in [2.75, 3.05) is 13.1 Å². The van der Waals surface area contributed by atoms with Crippen molar-refractivity contribution in [1.29, 1.82) is 0 Å². The number of nitrogens with two attached hydrogens (primary N) is 1. The molecule has 0 amide bonds. The fourth-order valence-corrected chi connectivity index (χ4v) is 2.21. The Bertz CT molecular complexity index is 312. The lowest BCUT2D eigenvalue weighted by atomic mass is 10.1. The second kappa shape index (κ2) is 3.89. The zero-order valence-corrected chi connectivity index (χ0v) is 9.09. The van der Waals surface area contributed by atoms with Gasteiger partial charge in [0.05, 0.1) is 0 Å². The molecule has 0 radical (unpaired) electrons. The normalized spacial score (nSPS) is 18.2. The van der Waals surface area contributed by atoms with Crippen molar-refractivity contribution >= 4 is 11.6 Å². The number of hydrogen-bond donors (Lipinski definition) is 1. The molecule has 0 spiro atoms. The van der Waals surface area contributed by atoms with E-state index in [0.29, 0.717) is 6.04 Å². The maximum Gasteiger partial charge on any atom is 0.0411 e. The first-order valence-corrected chi connectivity index (χ1v) is 5.25. The minimum Gasteiger partial charge on any atom is -0.325 e. The molecule has 1 aliphatic rings. The van der Waals surface area contributed by atoms with Crippen molar-refractivity contribution in [3.05, 3.63) is 34.3 Å². The highest BCUT2D eigenvalue weighted by molar-refractivity contribution is 6.30. The van der Waals surface area contributed by atoms with E-state index in [1.165, 1.54) is 11.1 Å². The zero-order valence-electron chi connectivity index (χ0n) is 8.33. The SMILES string of the molecule is Cc1cc(Cl)cc(CN2CC(N)C2)c1. The molecule has 14 heavy (non-hydrogen) atoms. The third-order valence-electron chi connectivity index (χ3n) is 2.49. The van der Waals surface area contributed by atoms with Gasteiger partial charge in [-0.1, -0.05) is 17.7 Å². The van der Waals surface area contributed by atoms with Gasteiger partial charge in [-0.25, -0.2) is 0 Å². The van der Waals surface area contributed by atoms with E-state index in [4.69, 9.17) is 17.3 Å². The lowest BCUT2D eigenvalue weighted by Crippen LogP contribution is -2.54. The number of likely N-dealkylation sites (tertiary alicyclic amines) is 1. The average molecular weight is 211 g/mol. The third kappa shape index (κ3) is 2.27. The van der Waals surface area contributed by atoms with Crippen molar-refractivity contribution in [2.45, 2.75) is 19.5 Å². The summed E-state index contributed by atoms with van der Waals surface area (Å²) in [6.07, 6.45) is 0. The minimum atomic E-state index is 0.371. The molecule has 3 heteroatoms. The van der Waals surface area contributed by atoms with Gasteiger partial charge >= 0.3 is 0 Å². The molecule has 1 fully saturated rings. The van der Waals surface area contributed by atoms with Crippen molar-refractivity contribution in [3.8, 4) is 0 Å². The molecular formula is C11H15ClN2. The van der Waals surface area contributed by atoms with Crippen LogP contribution in [0.1, 0.15) is 11.1 Å². The van der Waals surface area contributed by atoms with Gasteiger partial charge in [-0.05, 0) is 30.2 Å². The molecule has 0 bridgehead atoms. The largest absolute Gasteiger partial charge is 0.325 e. The summed E-state index contributed by atoms with van der Waals surface area (Å²) in [6, 6.07) is 6.55. The first kappa shape index (κ1) is 9.97. The van der Waals surface area contributed by atoms with Gasteiger partial charge < -0.3 is 5.73 Å². The smallest absolute Gasteiger partial charge is 0.0411 e. The van der Waals surface area contributed by atoms with Crippen LogP contribution in [0.5, 0.6) is 0 Å². The molecule has 1 saturated heterocycles. The monoisotopic (exact) mass is 210 g/mol. The van der Waals surface area contributed by atoms with Crippen LogP contribution in [0.15, 0.2) is 18.2 Å². The second-order valence-corrected chi connectivity index (χ2v) is 4.53. The maximum absolute atomic E-state index is 5.98. The van der Waals surface area contributed by atoms with E-state index in [-0.39, 0.29) is 0 Å². The van der Waals surface area contributed by atoms with Crippen LogP contribution in [-0.2, 0) is 6.54 Å². The van der Waals surface area contributed by atoms with E-state index < -0.39 is 0 Å². The van der Waals surface area contributed by atoms with E-state index in [9.17, 15) is 0 Å². The molecule has 2 rings (SSSR count). The summed E-state index contributed by atoms with van der Waals surface area (Å²) in [5.74, 6) is 0. The summed E-state index contributed by atoms with van der Waals surface area (Å²) in [6.45, 7) is 5.05. The summed E-state index contributed by atoms with van der Waals surface area (Å²) in [5.41, 5.74) is 8.21. The van der Waals surface area contributed by atoms with E-state index in [2.05, 4.69) is 17.9 Å². The van der Waals surface area contributed by atoms with Crippen molar-refractivity contribution in [2.24, 2.45) is 5.73 Å². The van der Waals surface area contributed by atoms with Gasteiger partial charge in [-0.2, -0.15) is 0 Å². The van der Waals surface area contributed by atoms with Crippen LogP contribution in [0.2, 0.25) is 5.02 Å². The van der Waals surface area contributed by atoms with Gasteiger partial charge in [0.15, 0.2) is 0 Å². The van der Waals surface area contributed by atoms with Crippen LogP contribution in [-0.4, -0.2) is 24.0 Å². The molecule has 2 N–H and O–H groups in total. The van der Waals surface area contributed by atoms with E-state index in [1.54, 1.807) is 0 Å². The fraction of sp³-hybridized carbons (Fsp3) is 0.455. The van der Waals surface area contributed by atoms with Gasteiger partial charge in [-0.15, -0.1) is 0 Å². The number of halogens is 1. The topological polar surface area (TPSA) is 29.3 Å². The van der Waals surface area contributed by atoms with Crippen LogP contribution in [0.3, 0.4) is 0 Å². The van der Waals surface area contributed by atoms with E-state index in [1.807, 2.05) is 12.1 Å². The lowest BCUT2D eigenvalue weighted by molar-refractivity contribution is 0.142. The Labute approximate surface area is 89.7 Å². The Morgan fingerprint density at radius 1 is 1.43 bits per heavy atom. The zero-order chi connectivity index (χ0) is 10.1. The van der Waals surface area contributed by atoms with Crippen molar-refractivity contribution in [3.63, 3.8) is 0 Å². The lowest BCUT2D eigenvalue weighted by Gasteiger charge is -2.36. The number of nitrogens with zero attached hydrogens (tertiary/aromatic N) is 1. The van der Waals surface area contributed by atoms with Crippen molar-refractivity contribution in [1.82, 2.24) is 4.90 Å². The van der Waals surface area contributed by atoms with Gasteiger partial charge in [0, 0.05) is 30.7 Å². The van der Waals surface area contributed by atoms with E-state index >= 15 is 0 Å². The number of hydrogen-bond acceptors (Lipinski definition) is 2. The fourth-order valence-electron chi connectivity index (χ4n) is 1.90. The molecule has 76 valence electrons. The Morgan fingerprint density at radius 2 is 2.14 bits per heavy atom. The van der Waals surface area contributed by atoms with Gasteiger partial charge in [0.1, 0.15) is 0 Å². The molecule has 1 aromatic rings. The molecule has 0 atom stereocenters. The van der Waals surface area contributed by atoms with Crippen LogP contribution in [0, 0.1) is 6.92 Å². The molecular weight excluding hydrogens is 196 g/mol. The third-order valence-corrected chi connectivity index (χ3v) is 2.71. The maximum atomic E-state index is 5.98. The Kier molecular flexibility index (Phi) is 2.77. The minimum absolute atomic E-state index is 0.371. The van der Waals surface area contributed by atoms with Crippen molar-refractivity contribution < 1.29 is 0 Å². The highest BCUT2D eigenvalue weighted by atomic mass is 35.5. The highest BCUT2D eigenvalue weighted by Crippen LogP contribution is 2.18. The van der Waals surface area contributed by atoms with Gasteiger partial charge in [-0.3, -0.25) is 4.90 Å². The first-order chi connectivity index (χ1) is 6.63. The Hall–Kier alpha value is -0.570.